The number of benzene rings is 6. The molecule has 0 aromatic heterocycles. The van der Waals surface area contributed by atoms with Crippen LogP contribution >= 0.6 is 0 Å². The Hall–Kier alpha value is -6.76. The topological polar surface area (TPSA) is 18.5 Å². The number of alkyl halides is 7. The Labute approximate surface area is 380 Å². The molecular formula is C45H20F24O2. The molecule has 0 unspecified atom stereocenters. The second kappa shape index (κ2) is 17.8. The summed E-state index contributed by atoms with van der Waals surface area (Å²) in [4.78, 5) is 0. The van der Waals surface area contributed by atoms with Crippen LogP contribution in [0.25, 0.3) is 22.3 Å². The summed E-state index contributed by atoms with van der Waals surface area (Å²) in [5.41, 5.74) is -28.2. The smallest absolute Gasteiger partial charge is 0.411 e. The second-order valence-corrected chi connectivity index (χ2v) is 15.9. The molecule has 0 amide bonds. The zero-order valence-electron chi connectivity index (χ0n) is 35.0. The Balaban J connectivity index is 1.37. The molecule has 0 bridgehead atoms. The van der Waals surface area contributed by atoms with Crippen molar-refractivity contribution in [3.05, 3.63) is 170 Å². The van der Waals surface area contributed by atoms with Crippen LogP contribution < -0.4 is 9.47 Å². The highest BCUT2D eigenvalue weighted by atomic mass is 19.4. The summed E-state index contributed by atoms with van der Waals surface area (Å²) >= 11 is 0. The van der Waals surface area contributed by atoms with Gasteiger partial charge in [0, 0.05) is 0 Å². The lowest BCUT2D eigenvalue weighted by atomic mass is 9.73. The van der Waals surface area contributed by atoms with Crippen molar-refractivity contribution in [3.63, 3.8) is 0 Å². The van der Waals surface area contributed by atoms with Gasteiger partial charge < -0.3 is 9.47 Å². The predicted octanol–water partition coefficient (Wildman–Crippen LogP) is 16.1. The van der Waals surface area contributed by atoms with Gasteiger partial charge in [-0.2, -0.15) is 35.1 Å². The quantitative estimate of drug-likeness (QED) is 0.0773. The van der Waals surface area contributed by atoms with Crippen molar-refractivity contribution in [2.75, 3.05) is 0 Å². The van der Waals surface area contributed by atoms with Crippen LogP contribution in [0.3, 0.4) is 0 Å². The van der Waals surface area contributed by atoms with Crippen molar-refractivity contribution in [1.82, 2.24) is 0 Å². The molecule has 2 nitrogen and oxygen atoms in total. The molecule has 6 aromatic rings. The Morgan fingerprint density at radius 1 is 0.310 bits per heavy atom. The molecule has 6 rings (SSSR count). The fourth-order valence-electron chi connectivity index (χ4n) is 7.49. The standard InChI is InChI=1S/C45H20F24O2/c1-41(2,63)21-31(54)23(46)18(24(47)32(21)55)20-29(52)38(61)40(39(62)30(20)53)70-15-9-5-13(6-10-15)43(44(64,65)66,45(67,68)69)14-7-11-16(12-8-14)71-42(3,4)22-33(56)25(48)17(26(49)34(22)57)19-27(50)35(58)37(60)36(59)28(19)51/h5-12H,1-4H3. The molecule has 71 heavy (non-hydrogen) atoms. The summed E-state index contributed by atoms with van der Waals surface area (Å²) in [6, 6.07) is 0.900. The first kappa shape index (κ1) is 53.6. The van der Waals surface area contributed by atoms with Crippen LogP contribution in [0.15, 0.2) is 48.5 Å². The zero-order valence-corrected chi connectivity index (χ0v) is 35.0. The largest absolute Gasteiger partial charge is 0.483 e. The normalized spacial score (nSPS) is 12.8. The Bertz CT molecular complexity index is 3000. The van der Waals surface area contributed by atoms with Crippen molar-refractivity contribution in [1.29, 1.82) is 0 Å². The number of rotatable bonds is 10. The van der Waals surface area contributed by atoms with Gasteiger partial charge in [0.2, 0.25) is 28.6 Å². The van der Waals surface area contributed by atoms with E-state index in [1.54, 1.807) is 0 Å². The van der Waals surface area contributed by atoms with Crippen LogP contribution in [0.2, 0.25) is 0 Å². The highest BCUT2D eigenvalue weighted by molar-refractivity contribution is 5.70. The van der Waals surface area contributed by atoms with E-state index in [9.17, 15) is 70.2 Å². The van der Waals surface area contributed by atoms with Crippen molar-refractivity contribution < 1.29 is 115 Å². The molecule has 0 heterocycles. The number of hydrogen-bond acceptors (Lipinski definition) is 2. The SMILES string of the molecule is CC(C)(F)c1c(F)c(F)c(-c2c(F)c(F)c(Oc3ccc(C(c4ccc(OC(C)(C)c5c(F)c(F)c(-c6c(F)c(F)c(F)c(F)c6F)c(F)c5F)cc4)(C(F)(F)F)C(F)(F)F)cc3)c(F)c2F)c(F)c1F. The van der Waals surface area contributed by atoms with Crippen LogP contribution in [0.5, 0.6) is 17.2 Å². The second-order valence-electron chi connectivity index (χ2n) is 15.9. The third kappa shape index (κ3) is 8.38. The minimum atomic E-state index is -6.43. The molecule has 0 spiro atoms. The van der Waals surface area contributed by atoms with Gasteiger partial charge >= 0.3 is 12.4 Å². The lowest BCUT2D eigenvalue weighted by Crippen LogP contribution is -2.54. The fraction of sp³-hybridized carbons (Fsp3) is 0.200. The Morgan fingerprint density at radius 2 is 0.577 bits per heavy atom. The lowest BCUT2D eigenvalue weighted by Gasteiger charge is -2.38. The molecule has 0 fully saturated rings. The number of halogens is 24. The molecule has 0 aliphatic rings. The Kier molecular flexibility index (Phi) is 13.5. The first-order chi connectivity index (χ1) is 32.5. The van der Waals surface area contributed by atoms with E-state index in [1.165, 1.54) is 0 Å². The van der Waals surface area contributed by atoms with Gasteiger partial charge in [-0.3, -0.25) is 0 Å². The average Bonchev–Trinajstić information content (AvgIpc) is 3.26. The third-order valence-electron chi connectivity index (χ3n) is 10.7. The summed E-state index contributed by atoms with van der Waals surface area (Å²) in [6.07, 6.45) is -12.9. The van der Waals surface area contributed by atoms with E-state index < -0.39 is 190 Å². The van der Waals surface area contributed by atoms with Gasteiger partial charge in [0.25, 0.3) is 0 Å². The van der Waals surface area contributed by atoms with Gasteiger partial charge in [-0.1, -0.05) is 24.3 Å². The summed E-state index contributed by atoms with van der Waals surface area (Å²) in [7, 11) is 0. The van der Waals surface area contributed by atoms with E-state index in [4.69, 9.17) is 4.74 Å². The molecule has 0 atom stereocenters. The molecule has 6 aromatic carbocycles. The maximum Gasteiger partial charge on any atom is 0.411 e. The van der Waals surface area contributed by atoms with Gasteiger partial charge in [0.15, 0.2) is 81.4 Å². The van der Waals surface area contributed by atoms with E-state index in [0.717, 1.165) is 0 Å². The summed E-state index contributed by atoms with van der Waals surface area (Å²) in [5.74, 6) is -51.1. The van der Waals surface area contributed by atoms with E-state index in [-0.39, 0.29) is 36.4 Å². The third-order valence-corrected chi connectivity index (χ3v) is 10.7. The van der Waals surface area contributed by atoms with E-state index in [1.807, 2.05) is 0 Å². The van der Waals surface area contributed by atoms with Gasteiger partial charge in [0.05, 0.1) is 33.4 Å². The first-order valence-electron chi connectivity index (χ1n) is 19.0. The van der Waals surface area contributed by atoms with Crippen molar-refractivity contribution >= 4 is 0 Å². The van der Waals surface area contributed by atoms with E-state index >= 15 is 35.1 Å². The van der Waals surface area contributed by atoms with Crippen molar-refractivity contribution in [3.8, 4) is 39.5 Å². The molecule has 0 saturated heterocycles. The molecule has 380 valence electrons. The van der Waals surface area contributed by atoms with Crippen LogP contribution in [0, 0.1) is 98.9 Å². The highest BCUT2D eigenvalue weighted by Gasteiger charge is 2.72. The lowest BCUT2D eigenvalue weighted by molar-refractivity contribution is -0.288. The molecular weight excluding hydrogens is 1030 g/mol. The van der Waals surface area contributed by atoms with Gasteiger partial charge in [-0.25, -0.2) is 70.2 Å². The molecule has 0 N–H and O–H groups in total. The molecule has 0 aliphatic heterocycles. The predicted molar refractivity (Wildman–Crippen MR) is 197 cm³/mol. The molecule has 0 saturated carbocycles. The van der Waals surface area contributed by atoms with Crippen LogP contribution in [0.1, 0.15) is 49.9 Å². The van der Waals surface area contributed by atoms with Crippen LogP contribution in [0.4, 0.5) is 105 Å². The Morgan fingerprint density at radius 3 is 0.887 bits per heavy atom. The fourth-order valence-corrected chi connectivity index (χ4v) is 7.49. The van der Waals surface area contributed by atoms with E-state index in [0.29, 0.717) is 39.8 Å². The van der Waals surface area contributed by atoms with Gasteiger partial charge in [-0.15, -0.1) is 0 Å². The summed E-state index contributed by atoms with van der Waals surface area (Å²) < 4.78 is 365. The van der Waals surface area contributed by atoms with Crippen molar-refractivity contribution in [2.24, 2.45) is 0 Å². The maximum absolute atomic E-state index is 15.4. The average molecular weight is 1050 g/mol. The minimum absolute atomic E-state index is 0.0320. The monoisotopic (exact) mass is 1050 g/mol. The molecule has 0 radical (unpaired) electrons. The van der Waals surface area contributed by atoms with Gasteiger partial charge in [0.1, 0.15) is 22.8 Å². The highest BCUT2D eigenvalue weighted by Crippen LogP contribution is 2.57. The molecule has 0 aliphatic carbocycles. The summed E-state index contributed by atoms with van der Waals surface area (Å²) in [6.45, 7) is 1.99. The maximum atomic E-state index is 15.4. The van der Waals surface area contributed by atoms with Gasteiger partial charge in [-0.05, 0) is 63.1 Å². The first-order valence-corrected chi connectivity index (χ1v) is 19.0. The zero-order chi connectivity index (χ0) is 53.7. The van der Waals surface area contributed by atoms with Crippen molar-refractivity contribution in [2.45, 2.75) is 56.7 Å². The van der Waals surface area contributed by atoms with Crippen LogP contribution in [-0.4, -0.2) is 12.4 Å². The minimum Gasteiger partial charge on any atom is -0.483 e. The van der Waals surface area contributed by atoms with E-state index in [2.05, 4.69) is 4.74 Å². The number of hydrogen-bond donors (Lipinski definition) is 0. The molecule has 26 heteroatoms. The number of ether oxygens (including phenoxy) is 2. The summed E-state index contributed by atoms with van der Waals surface area (Å²) in [5, 5.41) is 0. The van der Waals surface area contributed by atoms with Crippen LogP contribution in [-0.2, 0) is 16.7 Å².